The Morgan fingerprint density at radius 2 is 1.88 bits per heavy atom. The quantitative estimate of drug-likeness (QED) is 0.794. The normalized spacial score (nSPS) is 13.0. The van der Waals surface area contributed by atoms with Crippen molar-refractivity contribution in [3.8, 4) is 0 Å². The second-order valence-electron chi connectivity index (χ2n) is 3.98. The van der Waals surface area contributed by atoms with Crippen molar-refractivity contribution in [2.24, 2.45) is 0 Å². The van der Waals surface area contributed by atoms with E-state index in [4.69, 9.17) is 4.74 Å². The van der Waals surface area contributed by atoms with Crippen LogP contribution in [-0.2, 0) is 11.3 Å². The van der Waals surface area contributed by atoms with E-state index in [0.717, 1.165) is 12.0 Å². The van der Waals surface area contributed by atoms with Gasteiger partial charge in [0.2, 0.25) is 0 Å². The smallest absolute Gasteiger partial charge is 0.263 e. The third-order valence-electron chi connectivity index (χ3n) is 2.69. The van der Waals surface area contributed by atoms with Crippen LogP contribution in [0.3, 0.4) is 0 Å². The highest BCUT2D eigenvalue weighted by molar-refractivity contribution is 5.23. The average Bonchev–Trinajstić information content (AvgIpc) is 2.35. The summed E-state index contributed by atoms with van der Waals surface area (Å²) < 4.78 is 29.7. The zero-order valence-corrected chi connectivity index (χ0v) is 10.2. The molecule has 1 aromatic rings. The summed E-state index contributed by atoms with van der Waals surface area (Å²) in [7, 11) is 1.67. The number of methoxy groups -OCH3 is 1. The van der Waals surface area contributed by atoms with Crippen LogP contribution in [0.4, 0.5) is 8.78 Å². The Kier molecular flexibility index (Phi) is 6.08. The molecular weight excluding hydrogens is 224 g/mol. The molecular formula is C13H19F2NO. The molecule has 2 nitrogen and oxygen atoms in total. The number of benzene rings is 1. The van der Waals surface area contributed by atoms with Crippen molar-refractivity contribution in [3.05, 3.63) is 35.4 Å². The predicted molar refractivity (Wildman–Crippen MR) is 64.2 cm³/mol. The van der Waals surface area contributed by atoms with Crippen LogP contribution in [0.2, 0.25) is 0 Å². The molecule has 0 saturated heterocycles. The lowest BCUT2D eigenvalue weighted by Crippen LogP contribution is -2.31. The fourth-order valence-corrected chi connectivity index (χ4v) is 1.57. The van der Waals surface area contributed by atoms with Gasteiger partial charge >= 0.3 is 0 Å². The van der Waals surface area contributed by atoms with Crippen molar-refractivity contribution in [2.45, 2.75) is 32.4 Å². The first-order valence-corrected chi connectivity index (χ1v) is 5.76. The Hall–Kier alpha value is -1.00. The first-order chi connectivity index (χ1) is 8.17. The molecule has 0 aliphatic carbocycles. The van der Waals surface area contributed by atoms with E-state index in [2.05, 4.69) is 12.2 Å². The van der Waals surface area contributed by atoms with Crippen LogP contribution >= 0.6 is 0 Å². The van der Waals surface area contributed by atoms with Gasteiger partial charge in [-0.3, -0.25) is 0 Å². The van der Waals surface area contributed by atoms with Crippen molar-refractivity contribution in [2.75, 3.05) is 13.7 Å². The number of nitrogens with one attached hydrogen (secondary N) is 1. The van der Waals surface area contributed by atoms with Gasteiger partial charge in [-0.05, 0) is 12.0 Å². The molecule has 0 spiro atoms. The Morgan fingerprint density at radius 3 is 2.35 bits per heavy atom. The topological polar surface area (TPSA) is 21.3 Å². The highest BCUT2D eigenvalue weighted by Gasteiger charge is 2.07. The van der Waals surface area contributed by atoms with E-state index in [1.54, 1.807) is 19.2 Å². The number of alkyl halides is 2. The van der Waals surface area contributed by atoms with Gasteiger partial charge in [-0.2, -0.15) is 0 Å². The Balaban J connectivity index is 2.46. The van der Waals surface area contributed by atoms with Gasteiger partial charge in [0.05, 0.1) is 6.61 Å². The molecule has 0 amide bonds. The summed E-state index contributed by atoms with van der Waals surface area (Å²) in [4.78, 5) is 0. The van der Waals surface area contributed by atoms with E-state index in [9.17, 15) is 8.78 Å². The van der Waals surface area contributed by atoms with Crippen molar-refractivity contribution < 1.29 is 13.5 Å². The Labute approximate surface area is 101 Å². The fraction of sp³-hybridized carbons (Fsp3) is 0.538. The molecule has 0 saturated carbocycles. The van der Waals surface area contributed by atoms with Crippen LogP contribution in [0.5, 0.6) is 0 Å². The zero-order valence-electron chi connectivity index (χ0n) is 10.2. The molecule has 0 aliphatic rings. The number of hydrogen-bond donors (Lipinski definition) is 1. The summed E-state index contributed by atoms with van der Waals surface area (Å²) in [5.74, 6) is 0. The van der Waals surface area contributed by atoms with Gasteiger partial charge < -0.3 is 10.1 Å². The van der Waals surface area contributed by atoms with Crippen LogP contribution in [0.1, 0.15) is 30.9 Å². The van der Waals surface area contributed by atoms with Crippen molar-refractivity contribution in [1.29, 1.82) is 0 Å². The van der Waals surface area contributed by atoms with Crippen LogP contribution in [0.15, 0.2) is 24.3 Å². The third kappa shape index (κ3) is 4.79. The molecule has 1 atom stereocenters. The van der Waals surface area contributed by atoms with Crippen molar-refractivity contribution in [3.63, 3.8) is 0 Å². The molecule has 17 heavy (non-hydrogen) atoms. The molecule has 0 aliphatic heterocycles. The molecule has 0 aromatic heterocycles. The molecule has 0 fully saturated rings. The van der Waals surface area contributed by atoms with E-state index in [-0.39, 0.29) is 5.56 Å². The summed E-state index contributed by atoms with van der Waals surface area (Å²) >= 11 is 0. The lowest BCUT2D eigenvalue weighted by atomic mass is 10.1. The van der Waals surface area contributed by atoms with Crippen LogP contribution in [0.25, 0.3) is 0 Å². The molecule has 1 N–H and O–H groups in total. The molecule has 4 heteroatoms. The van der Waals surface area contributed by atoms with E-state index < -0.39 is 6.43 Å². The van der Waals surface area contributed by atoms with Gasteiger partial charge in [-0.25, -0.2) is 8.78 Å². The van der Waals surface area contributed by atoms with Crippen LogP contribution < -0.4 is 5.32 Å². The minimum Gasteiger partial charge on any atom is -0.383 e. The molecule has 0 radical (unpaired) electrons. The van der Waals surface area contributed by atoms with Gasteiger partial charge in [-0.15, -0.1) is 0 Å². The van der Waals surface area contributed by atoms with E-state index in [0.29, 0.717) is 19.2 Å². The van der Waals surface area contributed by atoms with E-state index in [1.165, 1.54) is 12.1 Å². The molecule has 1 unspecified atom stereocenters. The Morgan fingerprint density at radius 1 is 1.24 bits per heavy atom. The van der Waals surface area contributed by atoms with Crippen molar-refractivity contribution >= 4 is 0 Å². The van der Waals surface area contributed by atoms with Crippen LogP contribution in [-0.4, -0.2) is 19.8 Å². The summed E-state index contributed by atoms with van der Waals surface area (Å²) in [6.45, 7) is 3.41. The number of rotatable bonds is 7. The fourth-order valence-electron chi connectivity index (χ4n) is 1.57. The molecule has 1 aromatic carbocycles. The number of ether oxygens (including phenoxy) is 1. The zero-order chi connectivity index (χ0) is 12.7. The second-order valence-corrected chi connectivity index (χ2v) is 3.98. The molecule has 1 rings (SSSR count). The summed E-state index contributed by atoms with van der Waals surface area (Å²) in [6.07, 6.45) is -1.42. The van der Waals surface area contributed by atoms with E-state index >= 15 is 0 Å². The number of halogens is 2. The average molecular weight is 243 g/mol. The second kappa shape index (κ2) is 7.35. The first-order valence-electron chi connectivity index (χ1n) is 5.76. The molecule has 96 valence electrons. The maximum atomic E-state index is 12.3. The van der Waals surface area contributed by atoms with Gasteiger partial charge in [0.25, 0.3) is 6.43 Å². The third-order valence-corrected chi connectivity index (χ3v) is 2.69. The standard InChI is InChI=1S/C13H19F2NO/c1-3-12(9-17-2)16-8-10-4-6-11(7-5-10)13(14)15/h4-7,12-13,16H,3,8-9H2,1-2H3. The largest absolute Gasteiger partial charge is 0.383 e. The predicted octanol–water partition coefficient (Wildman–Crippen LogP) is 3.14. The monoisotopic (exact) mass is 243 g/mol. The molecule has 0 heterocycles. The first kappa shape index (κ1) is 14.1. The Bertz CT molecular complexity index is 314. The van der Waals surface area contributed by atoms with Crippen LogP contribution in [0, 0.1) is 0 Å². The highest BCUT2D eigenvalue weighted by Crippen LogP contribution is 2.18. The van der Waals surface area contributed by atoms with Gasteiger partial charge in [0.15, 0.2) is 0 Å². The highest BCUT2D eigenvalue weighted by atomic mass is 19.3. The lowest BCUT2D eigenvalue weighted by Gasteiger charge is -2.15. The van der Waals surface area contributed by atoms with Gasteiger partial charge in [0.1, 0.15) is 0 Å². The maximum absolute atomic E-state index is 12.3. The lowest BCUT2D eigenvalue weighted by molar-refractivity contribution is 0.151. The molecule has 0 bridgehead atoms. The minimum absolute atomic E-state index is 0.0673. The van der Waals surface area contributed by atoms with E-state index in [1.807, 2.05) is 0 Å². The van der Waals surface area contributed by atoms with Gasteiger partial charge in [-0.1, -0.05) is 31.2 Å². The minimum atomic E-state index is -2.39. The SMILES string of the molecule is CCC(COC)NCc1ccc(C(F)F)cc1. The van der Waals surface area contributed by atoms with Gasteiger partial charge in [0, 0.05) is 25.3 Å². The maximum Gasteiger partial charge on any atom is 0.263 e. The van der Waals surface area contributed by atoms with Crippen molar-refractivity contribution in [1.82, 2.24) is 5.32 Å². The summed E-state index contributed by atoms with van der Waals surface area (Å²) in [6, 6.07) is 6.70. The summed E-state index contributed by atoms with van der Waals surface area (Å²) in [5.41, 5.74) is 1.07. The summed E-state index contributed by atoms with van der Waals surface area (Å²) in [5, 5.41) is 3.32. The number of hydrogen-bond acceptors (Lipinski definition) is 2.